The molecule has 0 bridgehead atoms. The van der Waals surface area contributed by atoms with Crippen LogP contribution < -0.4 is 4.90 Å². The van der Waals surface area contributed by atoms with Crippen LogP contribution in [0.4, 0.5) is 5.69 Å². The molecule has 0 radical (unpaired) electrons. The quantitative estimate of drug-likeness (QED) is 0.712. The molecule has 1 aromatic heterocycles. The van der Waals surface area contributed by atoms with E-state index in [2.05, 4.69) is 78.5 Å². The topological polar surface area (TPSA) is 34.0 Å². The minimum atomic E-state index is 0.507. The normalized spacial score (nSPS) is 11.2. The van der Waals surface area contributed by atoms with Crippen LogP contribution in [-0.4, -0.2) is 33.1 Å². The Balaban J connectivity index is 2.30. The van der Waals surface area contributed by atoms with Gasteiger partial charge in [-0.15, -0.1) is 10.2 Å². The van der Waals surface area contributed by atoms with E-state index >= 15 is 0 Å². The number of nitrogens with zero attached hydrogens (tertiary/aromatic N) is 4. The predicted molar refractivity (Wildman–Crippen MR) is 95.7 cm³/mol. The molecule has 2 aromatic rings. The maximum atomic E-state index is 4.40. The van der Waals surface area contributed by atoms with Crippen molar-refractivity contribution in [3.8, 4) is 11.4 Å². The molecule has 120 valence electrons. The molecule has 0 N–H and O–H groups in total. The van der Waals surface area contributed by atoms with Crippen molar-refractivity contribution in [2.45, 2.75) is 51.6 Å². The van der Waals surface area contributed by atoms with Crippen LogP contribution in [0.25, 0.3) is 11.4 Å². The fourth-order valence-corrected chi connectivity index (χ4v) is 3.35. The van der Waals surface area contributed by atoms with Crippen molar-refractivity contribution in [1.82, 2.24) is 14.8 Å². The van der Waals surface area contributed by atoms with Crippen molar-refractivity contribution >= 4 is 17.4 Å². The summed E-state index contributed by atoms with van der Waals surface area (Å²) in [6.07, 6.45) is 0. The molecule has 0 aliphatic carbocycles. The summed E-state index contributed by atoms with van der Waals surface area (Å²) in [5.74, 6) is 0.955. The maximum Gasteiger partial charge on any atom is 0.191 e. The summed E-state index contributed by atoms with van der Waals surface area (Å²) in [6.45, 7) is 13.8. The first-order chi connectivity index (χ1) is 10.6. The molecule has 0 saturated heterocycles. The van der Waals surface area contributed by atoms with Crippen LogP contribution in [0.15, 0.2) is 29.4 Å². The van der Waals surface area contributed by atoms with Gasteiger partial charge in [-0.3, -0.25) is 0 Å². The van der Waals surface area contributed by atoms with Crippen molar-refractivity contribution in [1.29, 1.82) is 0 Å². The molecule has 0 aliphatic heterocycles. The molecule has 1 heterocycles. The van der Waals surface area contributed by atoms with Crippen LogP contribution in [-0.2, 0) is 6.54 Å². The summed E-state index contributed by atoms with van der Waals surface area (Å²) < 4.78 is 2.19. The van der Waals surface area contributed by atoms with Crippen molar-refractivity contribution in [2.24, 2.45) is 0 Å². The van der Waals surface area contributed by atoms with Gasteiger partial charge < -0.3 is 9.47 Å². The van der Waals surface area contributed by atoms with E-state index in [0.29, 0.717) is 5.25 Å². The zero-order valence-electron chi connectivity index (χ0n) is 14.2. The molecule has 2 rings (SSSR count). The molecule has 5 heteroatoms. The van der Waals surface area contributed by atoms with Crippen LogP contribution >= 0.6 is 11.8 Å². The van der Waals surface area contributed by atoms with Crippen LogP contribution in [0.2, 0.25) is 0 Å². The van der Waals surface area contributed by atoms with Crippen LogP contribution in [0, 0.1) is 0 Å². The third-order valence-corrected chi connectivity index (χ3v) is 4.61. The predicted octanol–water partition coefficient (Wildman–Crippen LogP) is 4.31. The summed E-state index contributed by atoms with van der Waals surface area (Å²) in [6, 6.07) is 8.64. The molecule has 0 aliphatic rings. The second kappa shape index (κ2) is 7.68. The lowest BCUT2D eigenvalue weighted by Gasteiger charge is -2.21. The molecule has 0 atom stereocenters. The monoisotopic (exact) mass is 318 g/mol. The van der Waals surface area contributed by atoms with Crippen LogP contribution in [0.5, 0.6) is 0 Å². The summed E-state index contributed by atoms with van der Waals surface area (Å²) in [5.41, 5.74) is 2.38. The summed E-state index contributed by atoms with van der Waals surface area (Å²) in [4.78, 5) is 2.34. The SMILES string of the molecule is CCN(CC)c1ccc(-c2nnc(SC(C)C)n2CC)cc1. The van der Waals surface area contributed by atoms with E-state index in [1.165, 1.54) is 5.69 Å². The lowest BCUT2D eigenvalue weighted by molar-refractivity contribution is 0.686. The second-order valence-electron chi connectivity index (χ2n) is 5.44. The highest BCUT2D eigenvalue weighted by atomic mass is 32.2. The van der Waals surface area contributed by atoms with Gasteiger partial charge in [-0.1, -0.05) is 25.6 Å². The largest absolute Gasteiger partial charge is 0.372 e. The highest BCUT2D eigenvalue weighted by molar-refractivity contribution is 7.99. The Labute approximate surface area is 137 Å². The average Bonchev–Trinajstić information content (AvgIpc) is 2.91. The zero-order valence-corrected chi connectivity index (χ0v) is 15.0. The minimum absolute atomic E-state index is 0.507. The fraction of sp³-hybridized carbons (Fsp3) is 0.529. The van der Waals surface area contributed by atoms with E-state index < -0.39 is 0 Å². The number of anilines is 1. The van der Waals surface area contributed by atoms with Gasteiger partial charge in [-0.2, -0.15) is 0 Å². The molecule has 1 aromatic carbocycles. The molecule has 0 saturated carbocycles. The van der Waals surface area contributed by atoms with E-state index in [1.807, 2.05) is 0 Å². The Morgan fingerprint density at radius 2 is 1.68 bits per heavy atom. The lowest BCUT2D eigenvalue weighted by Crippen LogP contribution is -2.21. The molecule has 0 fully saturated rings. The number of benzene rings is 1. The van der Waals surface area contributed by atoms with Gasteiger partial charge in [-0.05, 0) is 45.0 Å². The average molecular weight is 318 g/mol. The minimum Gasteiger partial charge on any atom is -0.372 e. The number of hydrogen-bond acceptors (Lipinski definition) is 4. The molecule has 0 amide bonds. The van der Waals surface area contributed by atoms with Gasteiger partial charge in [0.2, 0.25) is 0 Å². The molecular formula is C17H26N4S. The highest BCUT2D eigenvalue weighted by Crippen LogP contribution is 2.27. The van der Waals surface area contributed by atoms with Crippen molar-refractivity contribution < 1.29 is 0 Å². The Morgan fingerprint density at radius 1 is 1.05 bits per heavy atom. The fourth-order valence-electron chi connectivity index (χ4n) is 2.50. The zero-order chi connectivity index (χ0) is 16.1. The first-order valence-corrected chi connectivity index (χ1v) is 8.93. The lowest BCUT2D eigenvalue weighted by atomic mass is 10.2. The molecule has 0 unspecified atom stereocenters. The van der Waals surface area contributed by atoms with Gasteiger partial charge in [0.1, 0.15) is 0 Å². The summed E-state index contributed by atoms with van der Waals surface area (Å²) in [5, 5.41) is 10.3. The molecule has 22 heavy (non-hydrogen) atoms. The van der Waals surface area contributed by atoms with E-state index in [9.17, 15) is 0 Å². The van der Waals surface area contributed by atoms with Crippen LogP contribution in [0.1, 0.15) is 34.6 Å². The van der Waals surface area contributed by atoms with Gasteiger partial charge in [-0.25, -0.2) is 0 Å². The number of rotatable bonds is 7. The molecule has 4 nitrogen and oxygen atoms in total. The Bertz CT molecular complexity index is 585. The van der Waals surface area contributed by atoms with Gasteiger partial charge >= 0.3 is 0 Å². The molecule has 0 spiro atoms. The number of aromatic nitrogens is 3. The third kappa shape index (κ3) is 3.64. The van der Waals surface area contributed by atoms with Gasteiger partial charge in [0.15, 0.2) is 11.0 Å². The second-order valence-corrected chi connectivity index (χ2v) is 6.98. The summed E-state index contributed by atoms with van der Waals surface area (Å²) >= 11 is 1.76. The van der Waals surface area contributed by atoms with Gasteiger partial charge in [0, 0.05) is 36.1 Å². The van der Waals surface area contributed by atoms with Crippen molar-refractivity contribution in [3.63, 3.8) is 0 Å². The standard InChI is InChI=1S/C17H26N4S/c1-6-20(7-2)15-11-9-14(10-12-15)16-18-19-17(21(16)8-3)22-13(4)5/h9-13H,6-8H2,1-5H3. The van der Waals surface area contributed by atoms with Crippen molar-refractivity contribution in [2.75, 3.05) is 18.0 Å². The Hall–Kier alpha value is -1.49. The Kier molecular flexibility index (Phi) is 5.89. The smallest absolute Gasteiger partial charge is 0.191 e. The third-order valence-electron chi connectivity index (χ3n) is 3.63. The van der Waals surface area contributed by atoms with E-state index in [0.717, 1.165) is 36.2 Å². The van der Waals surface area contributed by atoms with E-state index in [1.54, 1.807) is 11.8 Å². The molecular weight excluding hydrogens is 292 g/mol. The number of hydrogen-bond donors (Lipinski definition) is 0. The van der Waals surface area contributed by atoms with Crippen LogP contribution in [0.3, 0.4) is 0 Å². The first-order valence-electron chi connectivity index (χ1n) is 8.05. The number of thioether (sulfide) groups is 1. The Morgan fingerprint density at radius 3 is 2.18 bits per heavy atom. The maximum absolute atomic E-state index is 4.40. The van der Waals surface area contributed by atoms with Crippen molar-refractivity contribution in [3.05, 3.63) is 24.3 Å². The highest BCUT2D eigenvalue weighted by Gasteiger charge is 2.14. The van der Waals surface area contributed by atoms with E-state index in [-0.39, 0.29) is 0 Å². The summed E-state index contributed by atoms with van der Waals surface area (Å²) in [7, 11) is 0. The van der Waals surface area contributed by atoms with Gasteiger partial charge in [0.25, 0.3) is 0 Å². The first kappa shape index (κ1) is 16.9. The van der Waals surface area contributed by atoms with E-state index in [4.69, 9.17) is 0 Å². The van der Waals surface area contributed by atoms with Gasteiger partial charge in [0.05, 0.1) is 0 Å².